The summed E-state index contributed by atoms with van der Waals surface area (Å²) in [6.45, 7) is 3.34. The fourth-order valence-corrected chi connectivity index (χ4v) is 2.36. The highest BCUT2D eigenvalue weighted by Gasteiger charge is 2.15. The maximum atomic E-state index is 12.2. The van der Waals surface area contributed by atoms with Gasteiger partial charge in [-0.15, -0.1) is 0 Å². The molecule has 1 aliphatic rings. The number of ether oxygens (including phenoxy) is 1. The Morgan fingerprint density at radius 2 is 2.12 bits per heavy atom. The number of rotatable bonds is 5. The maximum absolute atomic E-state index is 12.2. The van der Waals surface area contributed by atoms with E-state index >= 15 is 0 Å². The predicted molar refractivity (Wildman–Crippen MR) is 85.9 cm³/mol. The molecule has 2 aromatic heterocycles. The molecule has 0 aromatic carbocycles. The van der Waals surface area contributed by atoms with Crippen LogP contribution in [0.15, 0.2) is 35.5 Å². The summed E-state index contributed by atoms with van der Waals surface area (Å²) >= 11 is 0. The Morgan fingerprint density at radius 1 is 1.29 bits per heavy atom. The van der Waals surface area contributed by atoms with Crippen LogP contribution in [0, 0.1) is 0 Å². The van der Waals surface area contributed by atoms with Crippen molar-refractivity contribution >= 4 is 11.7 Å². The zero-order valence-corrected chi connectivity index (χ0v) is 13.1. The van der Waals surface area contributed by atoms with E-state index in [1.165, 1.54) is 23.3 Å². The van der Waals surface area contributed by atoms with Gasteiger partial charge in [0, 0.05) is 38.0 Å². The number of anilines is 1. The largest absolute Gasteiger partial charge is 0.378 e. The van der Waals surface area contributed by atoms with Gasteiger partial charge in [-0.25, -0.2) is 14.6 Å². The Kier molecular flexibility index (Phi) is 5.12. The molecule has 1 amide bonds. The van der Waals surface area contributed by atoms with Gasteiger partial charge in [0.15, 0.2) is 0 Å². The molecule has 1 fully saturated rings. The molecule has 1 aliphatic heterocycles. The molecular weight excluding hydrogens is 312 g/mol. The maximum Gasteiger partial charge on any atom is 0.270 e. The van der Waals surface area contributed by atoms with Gasteiger partial charge in [0.05, 0.1) is 19.8 Å². The van der Waals surface area contributed by atoms with Crippen molar-refractivity contribution in [2.24, 2.45) is 0 Å². The SMILES string of the molecule is O=C(NCCn1ncccc1=O)c1cc(N2CCOCC2)ncn1. The lowest BCUT2D eigenvalue weighted by Crippen LogP contribution is -2.37. The fraction of sp³-hybridized carbons (Fsp3) is 0.400. The monoisotopic (exact) mass is 330 g/mol. The van der Waals surface area contributed by atoms with Crippen LogP contribution in [0.4, 0.5) is 5.82 Å². The van der Waals surface area contributed by atoms with Gasteiger partial charge in [-0.3, -0.25) is 9.59 Å². The van der Waals surface area contributed by atoms with Gasteiger partial charge in [-0.05, 0) is 6.07 Å². The van der Waals surface area contributed by atoms with Gasteiger partial charge in [-0.1, -0.05) is 0 Å². The minimum absolute atomic E-state index is 0.205. The summed E-state index contributed by atoms with van der Waals surface area (Å²) in [5.41, 5.74) is 0.0863. The second kappa shape index (κ2) is 7.64. The molecule has 0 bridgehead atoms. The molecule has 9 nitrogen and oxygen atoms in total. The van der Waals surface area contributed by atoms with Crippen molar-refractivity contribution in [3.05, 3.63) is 46.8 Å². The lowest BCUT2D eigenvalue weighted by molar-refractivity contribution is 0.0946. The Hall–Kier alpha value is -2.81. The number of hydrogen-bond acceptors (Lipinski definition) is 7. The summed E-state index contributed by atoms with van der Waals surface area (Å²) < 4.78 is 6.60. The molecule has 0 radical (unpaired) electrons. The average Bonchev–Trinajstić information content (AvgIpc) is 2.64. The van der Waals surface area contributed by atoms with Gasteiger partial charge >= 0.3 is 0 Å². The highest BCUT2D eigenvalue weighted by atomic mass is 16.5. The molecule has 0 aliphatic carbocycles. The van der Waals surface area contributed by atoms with Crippen LogP contribution in [0.3, 0.4) is 0 Å². The first-order chi connectivity index (χ1) is 11.7. The van der Waals surface area contributed by atoms with Crippen LogP contribution in [0.1, 0.15) is 10.5 Å². The van der Waals surface area contributed by atoms with Gasteiger partial charge in [0.1, 0.15) is 17.8 Å². The molecule has 0 unspecified atom stereocenters. The van der Waals surface area contributed by atoms with E-state index in [4.69, 9.17) is 4.74 Å². The van der Waals surface area contributed by atoms with Crippen molar-refractivity contribution in [3.63, 3.8) is 0 Å². The second-order valence-corrected chi connectivity index (χ2v) is 5.20. The minimum Gasteiger partial charge on any atom is -0.378 e. The summed E-state index contributed by atoms with van der Waals surface area (Å²) in [5.74, 6) is 0.398. The smallest absolute Gasteiger partial charge is 0.270 e. The number of carbonyl (C=O) groups excluding carboxylic acids is 1. The van der Waals surface area contributed by atoms with Crippen LogP contribution >= 0.6 is 0 Å². The van der Waals surface area contributed by atoms with E-state index in [1.54, 1.807) is 12.1 Å². The lowest BCUT2D eigenvalue weighted by Gasteiger charge is -2.27. The van der Waals surface area contributed by atoms with E-state index < -0.39 is 0 Å². The van der Waals surface area contributed by atoms with Gasteiger partial charge in [-0.2, -0.15) is 5.10 Å². The van der Waals surface area contributed by atoms with Crippen molar-refractivity contribution in [1.82, 2.24) is 25.1 Å². The number of hydrogen-bond donors (Lipinski definition) is 1. The molecule has 0 spiro atoms. The third kappa shape index (κ3) is 3.93. The van der Waals surface area contributed by atoms with E-state index in [2.05, 4.69) is 25.3 Å². The number of carbonyl (C=O) groups is 1. The summed E-state index contributed by atoms with van der Waals surface area (Å²) in [6.07, 6.45) is 2.91. The number of nitrogens with one attached hydrogen (secondary N) is 1. The van der Waals surface area contributed by atoms with Crippen molar-refractivity contribution in [2.75, 3.05) is 37.7 Å². The molecule has 1 N–H and O–H groups in total. The molecule has 0 atom stereocenters. The number of morpholine rings is 1. The van der Waals surface area contributed by atoms with Crippen molar-refractivity contribution in [3.8, 4) is 0 Å². The number of aromatic nitrogens is 4. The minimum atomic E-state index is -0.309. The van der Waals surface area contributed by atoms with Crippen molar-refractivity contribution < 1.29 is 9.53 Å². The summed E-state index contributed by atoms with van der Waals surface area (Å²) in [4.78, 5) is 34.0. The van der Waals surface area contributed by atoms with Crippen LogP contribution in [-0.4, -0.2) is 58.5 Å². The quantitative estimate of drug-likeness (QED) is 0.773. The third-order valence-electron chi connectivity index (χ3n) is 3.61. The zero-order valence-electron chi connectivity index (χ0n) is 13.1. The standard InChI is InChI=1S/C15H18N6O3/c22-14-2-1-3-19-21(14)5-4-16-15(23)12-10-13(18-11-17-12)20-6-8-24-9-7-20/h1-3,10-11H,4-9H2,(H,16,23). The van der Waals surface area contributed by atoms with Crippen LogP contribution in [0.2, 0.25) is 0 Å². The van der Waals surface area contributed by atoms with Gasteiger partial charge in [0.25, 0.3) is 11.5 Å². The van der Waals surface area contributed by atoms with Gasteiger partial charge < -0.3 is 15.0 Å². The molecule has 2 aromatic rings. The summed E-state index contributed by atoms with van der Waals surface area (Å²) in [5, 5.41) is 6.66. The van der Waals surface area contributed by atoms with E-state index in [0.29, 0.717) is 31.3 Å². The predicted octanol–water partition coefficient (Wildman–Crippen LogP) is -0.700. The Bertz CT molecular complexity index is 757. The summed E-state index contributed by atoms with van der Waals surface area (Å²) in [7, 11) is 0. The van der Waals surface area contributed by atoms with Gasteiger partial charge in [0.2, 0.25) is 0 Å². The molecule has 3 rings (SSSR count). The van der Waals surface area contributed by atoms with Crippen LogP contribution in [0.25, 0.3) is 0 Å². The Labute approximate surface area is 138 Å². The first-order valence-corrected chi connectivity index (χ1v) is 7.69. The second-order valence-electron chi connectivity index (χ2n) is 5.20. The van der Waals surface area contributed by atoms with E-state index in [9.17, 15) is 9.59 Å². The number of amides is 1. The van der Waals surface area contributed by atoms with E-state index in [1.807, 2.05) is 0 Å². The molecule has 126 valence electrons. The number of nitrogens with zero attached hydrogens (tertiary/aromatic N) is 5. The van der Waals surface area contributed by atoms with E-state index in [-0.39, 0.29) is 18.0 Å². The first-order valence-electron chi connectivity index (χ1n) is 7.69. The zero-order chi connectivity index (χ0) is 16.8. The Morgan fingerprint density at radius 3 is 2.92 bits per heavy atom. The topological polar surface area (TPSA) is 102 Å². The molecule has 1 saturated heterocycles. The van der Waals surface area contributed by atoms with Crippen molar-refractivity contribution in [1.29, 1.82) is 0 Å². The molecule has 24 heavy (non-hydrogen) atoms. The molecular formula is C15H18N6O3. The highest BCUT2D eigenvalue weighted by molar-refractivity contribution is 5.92. The highest BCUT2D eigenvalue weighted by Crippen LogP contribution is 2.12. The van der Waals surface area contributed by atoms with Crippen LogP contribution in [0.5, 0.6) is 0 Å². The molecule has 0 saturated carbocycles. The first kappa shape index (κ1) is 16.1. The van der Waals surface area contributed by atoms with Crippen LogP contribution in [-0.2, 0) is 11.3 Å². The fourth-order valence-electron chi connectivity index (χ4n) is 2.36. The normalized spacial score (nSPS) is 14.4. The third-order valence-corrected chi connectivity index (χ3v) is 3.61. The molecule has 9 heteroatoms. The summed E-state index contributed by atoms with van der Waals surface area (Å²) in [6, 6.07) is 4.66. The average molecular weight is 330 g/mol. The van der Waals surface area contributed by atoms with E-state index in [0.717, 1.165) is 13.1 Å². The van der Waals surface area contributed by atoms with Crippen molar-refractivity contribution in [2.45, 2.75) is 6.54 Å². The Balaban J connectivity index is 1.58. The molecule has 3 heterocycles. The lowest BCUT2D eigenvalue weighted by atomic mass is 10.3. The van der Waals surface area contributed by atoms with Crippen LogP contribution < -0.4 is 15.8 Å².